The molecule has 2 heterocycles. The molecule has 0 aliphatic rings. The monoisotopic (exact) mass is 284 g/mol. The molecule has 0 fully saturated rings. The van der Waals surface area contributed by atoms with Crippen LogP contribution >= 0.6 is 0 Å². The van der Waals surface area contributed by atoms with Crippen molar-refractivity contribution in [3.63, 3.8) is 0 Å². The van der Waals surface area contributed by atoms with E-state index in [1.807, 2.05) is 0 Å². The number of nitrogens with zero attached hydrogens (tertiary/aromatic N) is 2. The molecule has 0 aliphatic heterocycles. The Morgan fingerprint density at radius 2 is 2.05 bits per heavy atom. The Hall–Kier alpha value is -1.93. The van der Waals surface area contributed by atoms with Gasteiger partial charge in [-0.15, -0.1) is 0 Å². The van der Waals surface area contributed by atoms with Crippen molar-refractivity contribution in [2.45, 2.75) is 24.8 Å². The average molecular weight is 284 g/mol. The highest BCUT2D eigenvalue weighted by atomic mass is 32.2. The highest BCUT2D eigenvalue weighted by Gasteiger charge is 2.25. The standard InChI is InChI=1S/C11H12N2O5S/c1-6(2)9-10(19(16,17)18)13-4-3-7(11(14)15)5-8(13)12-9/h3-6H,1-2H3,(H,14,15)(H,16,17,18). The lowest BCUT2D eigenvalue weighted by molar-refractivity contribution is 0.0697. The molecule has 8 heteroatoms. The Morgan fingerprint density at radius 1 is 1.42 bits per heavy atom. The summed E-state index contributed by atoms with van der Waals surface area (Å²) in [5, 5.41) is 8.56. The van der Waals surface area contributed by atoms with Gasteiger partial charge in [-0.1, -0.05) is 13.8 Å². The molecule has 0 spiro atoms. The molecule has 0 amide bonds. The molecule has 0 unspecified atom stereocenters. The summed E-state index contributed by atoms with van der Waals surface area (Å²) < 4.78 is 33.3. The minimum absolute atomic E-state index is 0.00491. The van der Waals surface area contributed by atoms with Crippen molar-refractivity contribution in [3.8, 4) is 0 Å². The fourth-order valence-electron chi connectivity index (χ4n) is 1.81. The second-order valence-corrected chi connectivity index (χ2v) is 5.72. The minimum atomic E-state index is -4.44. The van der Waals surface area contributed by atoms with E-state index in [1.54, 1.807) is 13.8 Å². The Morgan fingerprint density at radius 3 is 2.53 bits per heavy atom. The number of aromatic carboxylic acids is 1. The van der Waals surface area contributed by atoms with Gasteiger partial charge in [0.15, 0.2) is 5.03 Å². The molecule has 0 saturated heterocycles. The van der Waals surface area contributed by atoms with Crippen LogP contribution in [0.15, 0.2) is 23.4 Å². The van der Waals surface area contributed by atoms with Crippen molar-refractivity contribution in [2.75, 3.05) is 0 Å². The van der Waals surface area contributed by atoms with Gasteiger partial charge in [0, 0.05) is 6.20 Å². The maximum atomic E-state index is 11.4. The SMILES string of the molecule is CC(C)c1nc2cc(C(=O)O)ccn2c1S(=O)(=O)O. The normalized spacial score (nSPS) is 12.2. The largest absolute Gasteiger partial charge is 0.478 e. The van der Waals surface area contributed by atoms with E-state index in [2.05, 4.69) is 4.98 Å². The van der Waals surface area contributed by atoms with Gasteiger partial charge in [0.25, 0.3) is 0 Å². The Labute approximate surface area is 109 Å². The molecule has 2 aromatic rings. The van der Waals surface area contributed by atoms with Crippen LogP contribution in [0.25, 0.3) is 5.65 Å². The number of carbonyl (C=O) groups is 1. The molecule has 0 aliphatic carbocycles. The zero-order valence-electron chi connectivity index (χ0n) is 10.2. The Kier molecular flexibility index (Phi) is 3.07. The number of imidazole rings is 1. The van der Waals surface area contributed by atoms with E-state index in [0.29, 0.717) is 0 Å². The summed E-state index contributed by atoms with van der Waals surface area (Å²) in [6, 6.07) is 2.50. The van der Waals surface area contributed by atoms with Gasteiger partial charge in [0.05, 0.1) is 11.3 Å². The fraction of sp³-hybridized carbons (Fsp3) is 0.273. The summed E-state index contributed by atoms with van der Waals surface area (Å²) in [4.78, 5) is 14.9. The zero-order chi connectivity index (χ0) is 14.4. The van der Waals surface area contributed by atoms with Crippen molar-refractivity contribution in [3.05, 3.63) is 29.6 Å². The molecule has 102 valence electrons. The summed E-state index contributed by atoms with van der Waals surface area (Å²) >= 11 is 0. The number of hydrogen-bond donors (Lipinski definition) is 2. The molecule has 0 aromatic carbocycles. The molecule has 7 nitrogen and oxygen atoms in total. The van der Waals surface area contributed by atoms with Gasteiger partial charge < -0.3 is 5.11 Å². The van der Waals surface area contributed by atoms with Crippen molar-refractivity contribution in [2.24, 2.45) is 0 Å². The van der Waals surface area contributed by atoms with E-state index in [4.69, 9.17) is 5.11 Å². The number of fused-ring (bicyclic) bond motifs is 1. The first kappa shape index (κ1) is 13.5. The number of aromatic nitrogens is 2. The van der Waals surface area contributed by atoms with Crippen molar-refractivity contribution < 1.29 is 22.9 Å². The smallest absolute Gasteiger partial charge is 0.335 e. The topological polar surface area (TPSA) is 109 Å². The van der Waals surface area contributed by atoms with Gasteiger partial charge in [0.2, 0.25) is 0 Å². The van der Waals surface area contributed by atoms with Crippen molar-refractivity contribution in [1.82, 2.24) is 9.38 Å². The first-order valence-corrected chi connectivity index (χ1v) is 6.88. The first-order valence-electron chi connectivity index (χ1n) is 5.44. The van der Waals surface area contributed by atoms with Crippen LogP contribution in [0.5, 0.6) is 0 Å². The van der Waals surface area contributed by atoms with Crippen LogP contribution in [0.1, 0.15) is 35.8 Å². The van der Waals surface area contributed by atoms with Crippen LogP contribution in [0.4, 0.5) is 0 Å². The van der Waals surface area contributed by atoms with E-state index in [9.17, 15) is 17.8 Å². The summed E-state index contributed by atoms with van der Waals surface area (Å²) in [7, 11) is -4.44. The highest BCUT2D eigenvalue weighted by molar-refractivity contribution is 7.85. The predicted octanol–water partition coefficient (Wildman–Crippen LogP) is 1.40. The predicted molar refractivity (Wildman–Crippen MR) is 66.1 cm³/mol. The third-order valence-corrected chi connectivity index (χ3v) is 3.54. The summed E-state index contributed by atoms with van der Waals surface area (Å²) in [6.07, 6.45) is 1.26. The van der Waals surface area contributed by atoms with E-state index in [1.165, 1.54) is 18.3 Å². The van der Waals surface area contributed by atoms with E-state index in [-0.39, 0.29) is 27.8 Å². The van der Waals surface area contributed by atoms with Gasteiger partial charge in [-0.3, -0.25) is 8.95 Å². The van der Waals surface area contributed by atoms with Crippen LogP contribution in [-0.4, -0.2) is 33.4 Å². The molecule has 19 heavy (non-hydrogen) atoms. The van der Waals surface area contributed by atoms with E-state index >= 15 is 0 Å². The average Bonchev–Trinajstić information content (AvgIpc) is 2.66. The lowest BCUT2D eigenvalue weighted by Crippen LogP contribution is -2.07. The van der Waals surface area contributed by atoms with Crippen molar-refractivity contribution >= 4 is 21.7 Å². The maximum absolute atomic E-state index is 11.4. The van der Waals surface area contributed by atoms with Crippen LogP contribution in [0.2, 0.25) is 0 Å². The Balaban J connectivity index is 2.85. The summed E-state index contributed by atoms with van der Waals surface area (Å²) in [5.74, 6) is -1.37. The number of hydrogen-bond acceptors (Lipinski definition) is 4. The quantitative estimate of drug-likeness (QED) is 0.825. The molecule has 2 aromatic heterocycles. The Bertz CT molecular complexity index is 761. The van der Waals surface area contributed by atoms with Gasteiger partial charge in [-0.2, -0.15) is 8.42 Å². The third kappa shape index (κ3) is 2.32. The van der Waals surface area contributed by atoms with Crippen LogP contribution in [0, 0.1) is 0 Å². The fourth-order valence-corrected chi connectivity index (χ4v) is 2.75. The van der Waals surface area contributed by atoms with Gasteiger partial charge in [-0.05, 0) is 18.1 Å². The van der Waals surface area contributed by atoms with Crippen LogP contribution < -0.4 is 0 Å². The summed E-state index contributed by atoms with van der Waals surface area (Å²) in [5.41, 5.74) is 0.357. The lowest BCUT2D eigenvalue weighted by Gasteiger charge is -2.03. The number of carboxylic acids is 1. The number of carboxylic acid groups (broad SMARTS) is 1. The van der Waals surface area contributed by atoms with Gasteiger partial charge >= 0.3 is 16.1 Å². The van der Waals surface area contributed by atoms with Crippen LogP contribution in [0.3, 0.4) is 0 Å². The molecule has 2 rings (SSSR count). The highest BCUT2D eigenvalue weighted by Crippen LogP contribution is 2.25. The molecule has 0 atom stereocenters. The molecular weight excluding hydrogens is 272 g/mol. The van der Waals surface area contributed by atoms with Gasteiger partial charge in [0.1, 0.15) is 5.65 Å². The molecular formula is C11H12N2O5S. The molecule has 0 bridgehead atoms. The van der Waals surface area contributed by atoms with E-state index in [0.717, 1.165) is 4.40 Å². The van der Waals surface area contributed by atoms with E-state index < -0.39 is 16.1 Å². The lowest BCUT2D eigenvalue weighted by atomic mass is 10.2. The zero-order valence-corrected chi connectivity index (χ0v) is 11.0. The first-order chi connectivity index (χ1) is 8.71. The van der Waals surface area contributed by atoms with Crippen LogP contribution in [-0.2, 0) is 10.1 Å². The van der Waals surface area contributed by atoms with Gasteiger partial charge in [-0.25, -0.2) is 9.78 Å². The third-order valence-electron chi connectivity index (χ3n) is 2.65. The maximum Gasteiger partial charge on any atom is 0.335 e. The number of pyridine rings is 1. The summed E-state index contributed by atoms with van der Waals surface area (Å²) in [6.45, 7) is 3.46. The molecule has 0 radical (unpaired) electrons. The molecule has 0 saturated carbocycles. The number of rotatable bonds is 3. The van der Waals surface area contributed by atoms with Crippen molar-refractivity contribution in [1.29, 1.82) is 0 Å². The second kappa shape index (κ2) is 4.32. The second-order valence-electron chi connectivity index (χ2n) is 4.38. The molecule has 2 N–H and O–H groups in total. The minimum Gasteiger partial charge on any atom is -0.478 e.